The van der Waals surface area contributed by atoms with Crippen molar-refractivity contribution in [1.82, 2.24) is 18.9 Å². The number of aromatic nitrogens is 4. The Morgan fingerprint density at radius 3 is 2.61 bits per heavy atom. The Morgan fingerprint density at radius 2 is 1.83 bits per heavy atom. The maximum atomic E-state index is 12.4. The highest BCUT2D eigenvalue weighted by molar-refractivity contribution is 7.90. The SMILES string of the molecule is O=S(=O)(c1ccccc1)n1cnc2ncncc21. The van der Waals surface area contributed by atoms with E-state index in [0.29, 0.717) is 11.2 Å². The maximum Gasteiger partial charge on any atom is 0.269 e. The van der Waals surface area contributed by atoms with Crippen LogP contribution in [0, 0.1) is 0 Å². The molecule has 0 bridgehead atoms. The van der Waals surface area contributed by atoms with E-state index in [1.807, 2.05) is 0 Å². The number of nitrogens with zero attached hydrogens (tertiary/aromatic N) is 4. The van der Waals surface area contributed by atoms with Gasteiger partial charge in [0.2, 0.25) is 0 Å². The minimum atomic E-state index is -3.65. The van der Waals surface area contributed by atoms with Gasteiger partial charge in [-0.2, -0.15) is 0 Å². The van der Waals surface area contributed by atoms with Crippen LogP contribution in [0.4, 0.5) is 0 Å². The molecule has 1 aromatic carbocycles. The fourth-order valence-electron chi connectivity index (χ4n) is 1.64. The van der Waals surface area contributed by atoms with Crippen LogP contribution in [0.15, 0.2) is 54.1 Å². The molecule has 90 valence electrons. The Kier molecular flexibility index (Phi) is 2.34. The van der Waals surface area contributed by atoms with Crippen LogP contribution in [-0.2, 0) is 10.0 Å². The summed E-state index contributed by atoms with van der Waals surface area (Å²) >= 11 is 0. The molecule has 0 unspecified atom stereocenters. The van der Waals surface area contributed by atoms with Crippen LogP contribution in [0.25, 0.3) is 11.2 Å². The molecule has 7 heteroatoms. The number of rotatable bonds is 2. The average molecular weight is 260 g/mol. The van der Waals surface area contributed by atoms with Gasteiger partial charge in [0.1, 0.15) is 18.2 Å². The molecule has 0 atom stereocenters. The van der Waals surface area contributed by atoms with Crippen LogP contribution in [0.5, 0.6) is 0 Å². The minimum absolute atomic E-state index is 0.202. The number of hydrogen-bond donors (Lipinski definition) is 0. The van der Waals surface area contributed by atoms with Gasteiger partial charge in [0.25, 0.3) is 10.0 Å². The highest BCUT2D eigenvalue weighted by Crippen LogP contribution is 2.17. The lowest BCUT2D eigenvalue weighted by Crippen LogP contribution is -2.11. The number of hydrogen-bond acceptors (Lipinski definition) is 5. The molecule has 0 aliphatic heterocycles. The van der Waals surface area contributed by atoms with Crippen molar-refractivity contribution in [2.24, 2.45) is 0 Å². The quantitative estimate of drug-likeness (QED) is 0.688. The van der Waals surface area contributed by atoms with E-state index in [2.05, 4.69) is 15.0 Å². The predicted molar refractivity (Wildman–Crippen MR) is 64.3 cm³/mol. The van der Waals surface area contributed by atoms with Crippen molar-refractivity contribution in [3.63, 3.8) is 0 Å². The molecule has 0 saturated heterocycles. The number of benzene rings is 1. The highest BCUT2D eigenvalue weighted by atomic mass is 32.2. The Hall–Kier alpha value is -2.28. The molecule has 2 aromatic heterocycles. The van der Waals surface area contributed by atoms with E-state index in [4.69, 9.17) is 0 Å². The van der Waals surface area contributed by atoms with Gasteiger partial charge in [-0.05, 0) is 12.1 Å². The van der Waals surface area contributed by atoms with Gasteiger partial charge in [0.05, 0.1) is 11.1 Å². The third-order valence-electron chi connectivity index (χ3n) is 2.49. The van der Waals surface area contributed by atoms with Crippen LogP contribution in [0.2, 0.25) is 0 Å². The van der Waals surface area contributed by atoms with Gasteiger partial charge < -0.3 is 0 Å². The normalized spacial score (nSPS) is 11.8. The second kappa shape index (κ2) is 3.88. The van der Waals surface area contributed by atoms with Gasteiger partial charge >= 0.3 is 0 Å². The first kappa shape index (κ1) is 10.8. The summed E-state index contributed by atoms with van der Waals surface area (Å²) in [7, 11) is -3.65. The lowest BCUT2D eigenvalue weighted by Gasteiger charge is -2.05. The molecule has 0 spiro atoms. The van der Waals surface area contributed by atoms with E-state index >= 15 is 0 Å². The van der Waals surface area contributed by atoms with E-state index in [9.17, 15) is 8.42 Å². The molecule has 2 heterocycles. The smallest absolute Gasteiger partial charge is 0.242 e. The summed E-state index contributed by atoms with van der Waals surface area (Å²) < 4.78 is 25.8. The van der Waals surface area contributed by atoms with Gasteiger partial charge in [-0.1, -0.05) is 18.2 Å². The zero-order valence-corrected chi connectivity index (χ0v) is 9.95. The number of fused-ring (bicyclic) bond motifs is 1. The second-order valence-electron chi connectivity index (χ2n) is 3.59. The van der Waals surface area contributed by atoms with E-state index in [-0.39, 0.29) is 4.90 Å². The van der Waals surface area contributed by atoms with Gasteiger partial charge in [-0.3, -0.25) is 0 Å². The van der Waals surface area contributed by atoms with E-state index in [1.54, 1.807) is 18.2 Å². The summed E-state index contributed by atoms with van der Waals surface area (Å²) in [6.45, 7) is 0. The van der Waals surface area contributed by atoms with Crippen molar-refractivity contribution in [3.05, 3.63) is 49.2 Å². The third-order valence-corrected chi connectivity index (χ3v) is 4.17. The summed E-state index contributed by atoms with van der Waals surface area (Å²) in [5.74, 6) is 0. The molecule has 0 aliphatic carbocycles. The van der Waals surface area contributed by atoms with E-state index in [0.717, 1.165) is 3.97 Å². The maximum absolute atomic E-state index is 12.4. The van der Waals surface area contributed by atoms with Crippen LogP contribution in [0.1, 0.15) is 0 Å². The Labute approximate surface area is 103 Å². The van der Waals surface area contributed by atoms with E-state index < -0.39 is 10.0 Å². The van der Waals surface area contributed by atoms with Gasteiger partial charge in [-0.25, -0.2) is 27.3 Å². The Morgan fingerprint density at radius 1 is 1.06 bits per heavy atom. The van der Waals surface area contributed by atoms with Gasteiger partial charge in [0, 0.05) is 0 Å². The molecule has 0 fully saturated rings. The molecule has 0 amide bonds. The second-order valence-corrected chi connectivity index (χ2v) is 5.41. The summed E-state index contributed by atoms with van der Waals surface area (Å²) in [4.78, 5) is 11.9. The topological polar surface area (TPSA) is 77.7 Å². The van der Waals surface area contributed by atoms with E-state index in [1.165, 1.54) is 31.0 Å². The summed E-state index contributed by atoms with van der Waals surface area (Å²) in [5, 5.41) is 0. The molecule has 6 nitrogen and oxygen atoms in total. The van der Waals surface area contributed by atoms with Crippen molar-refractivity contribution < 1.29 is 8.42 Å². The standard InChI is InChI=1S/C11H8N4O2S/c16-18(17,9-4-2-1-3-5-9)15-8-14-11-10(15)6-12-7-13-11/h1-8H. The van der Waals surface area contributed by atoms with Crippen LogP contribution in [0.3, 0.4) is 0 Å². The molecule has 0 aliphatic rings. The van der Waals surface area contributed by atoms with Crippen LogP contribution < -0.4 is 0 Å². The molecule has 3 rings (SSSR count). The Balaban J connectivity index is 2.27. The average Bonchev–Trinajstić information content (AvgIpc) is 2.84. The zero-order chi connectivity index (χ0) is 12.6. The van der Waals surface area contributed by atoms with Crippen LogP contribution in [-0.4, -0.2) is 27.3 Å². The van der Waals surface area contributed by atoms with Crippen molar-refractivity contribution in [3.8, 4) is 0 Å². The monoisotopic (exact) mass is 260 g/mol. The largest absolute Gasteiger partial charge is 0.269 e. The minimum Gasteiger partial charge on any atom is -0.242 e. The molecular formula is C11H8N4O2S. The van der Waals surface area contributed by atoms with Crippen molar-refractivity contribution in [1.29, 1.82) is 0 Å². The first-order chi connectivity index (χ1) is 8.69. The first-order valence-electron chi connectivity index (χ1n) is 5.13. The lowest BCUT2D eigenvalue weighted by molar-refractivity contribution is 0.588. The molecular weight excluding hydrogens is 252 g/mol. The summed E-state index contributed by atoms with van der Waals surface area (Å²) in [5.41, 5.74) is 0.714. The molecule has 0 saturated carbocycles. The molecule has 3 aromatic rings. The molecule has 0 N–H and O–H groups in total. The highest BCUT2D eigenvalue weighted by Gasteiger charge is 2.19. The van der Waals surface area contributed by atoms with Crippen LogP contribution >= 0.6 is 0 Å². The Bertz CT molecular complexity index is 796. The van der Waals surface area contributed by atoms with Gasteiger partial charge in [-0.15, -0.1) is 0 Å². The lowest BCUT2D eigenvalue weighted by atomic mass is 10.4. The van der Waals surface area contributed by atoms with Crippen molar-refractivity contribution in [2.45, 2.75) is 4.90 Å². The fraction of sp³-hybridized carbons (Fsp3) is 0. The zero-order valence-electron chi connectivity index (χ0n) is 9.13. The molecule has 0 radical (unpaired) electrons. The third kappa shape index (κ3) is 1.56. The van der Waals surface area contributed by atoms with Crippen molar-refractivity contribution in [2.75, 3.05) is 0 Å². The van der Waals surface area contributed by atoms with Gasteiger partial charge in [0.15, 0.2) is 5.65 Å². The first-order valence-corrected chi connectivity index (χ1v) is 6.57. The molecule has 18 heavy (non-hydrogen) atoms. The summed E-state index contributed by atoms with van der Waals surface area (Å²) in [6.07, 6.45) is 3.99. The summed E-state index contributed by atoms with van der Waals surface area (Å²) in [6, 6.07) is 8.16. The van der Waals surface area contributed by atoms with Crippen molar-refractivity contribution >= 4 is 21.2 Å². The fourth-order valence-corrected chi connectivity index (χ4v) is 2.92. The predicted octanol–water partition coefficient (Wildman–Crippen LogP) is 1.06. The number of imidazole rings is 1.